The molecule has 0 bridgehead atoms. The second kappa shape index (κ2) is 7.34. The van der Waals surface area contributed by atoms with Crippen LogP contribution in [-0.4, -0.2) is 55.7 Å². The molecule has 9 heteroatoms. The van der Waals surface area contributed by atoms with E-state index in [1.54, 1.807) is 24.3 Å². The maximum absolute atomic E-state index is 12.4. The zero-order valence-electron chi connectivity index (χ0n) is 13.9. The Morgan fingerprint density at radius 2 is 1.96 bits per heavy atom. The van der Waals surface area contributed by atoms with Gasteiger partial charge in [-0.15, -0.1) is 0 Å². The summed E-state index contributed by atoms with van der Waals surface area (Å²) < 4.78 is 6.44. The maximum atomic E-state index is 12.4. The van der Waals surface area contributed by atoms with Crippen LogP contribution >= 0.6 is 0 Å². The third-order valence-corrected chi connectivity index (χ3v) is 4.12. The molecule has 0 spiro atoms. The highest BCUT2D eigenvalue weighted by Crippen LogP contribution is 2.31. The van der Waals surface area contributed by atoms with E-state index in [0.29, 0.717) is 11.1 Å². The van der Waals surface area contributed by atoms with E-state index in [2.05, 4.69) is 10.3 Å². The van der Waals surface area contributed by atoms with Crippen LogP contribution in [-0.2, 0) is 9.53 Å². The largest absolute Gasteiger partial charge is 0.394 e. The van der Waals surface area contributed by atoms with Crippen LogP contribution in [0.5, 0.6) is 0 Å². The third kappa shape index (κ3) is 3.37. The Morgan fingerprint density at radius 3 is 2.54 bits per heavy atom. The molecule has 1 aliphatic heterocycles. The maximum Gasteiger partial charge on any atom is 0.351 e. The molecule has 1 saturated heterocycles. The summed E-state index contributed by atoms with van der Waals surface area (Å²) in [6, 6.07) is 8.93. The summed E-state index contributed by atoms with van der Waals surface area (Å²) in [5.74, 6) is -0.309. The van der Waals surface area contributed by atoms with Gasteiger partial charge in [-0.2, -0.15) is 4.98 Å². The van der Waals surface area contributed by atoms with E-state index in [0.717, 1.165) is 4.57 Å². The van der Waals surface area contributed by atoms with E-state index in [1.807, 2.05) is 6.07 Å². The van der Waals surface area contributed by atoms with Crippen LogP contribution in [0.3, 0.4) is 0 Å². The molecule has 0 saturated carbocycles. The summed E-state index contributed by atoms with van der Waals surface area (Å²) in [5, 5.41) is 31.8. The highest BCUT2D eigenvalue weighted by atomic mass is 16.6. The summed E-state index contributed by atoms with van der Waals surface area (Å²) in [4.78, 5) is 27.7. The lowest BCUT2D eigenvalue weighted by molar-refractivity contribution is -0.114. The number of nitrogens with one attached hydrogen (secondary N) is 1. The van der Waals surface area contributed by atoms with Gasteiger partial charge in [0.05, 0.1) is 6.61 Å². The van der Waals surface area contributed by atoms with Crippen LogP contribution in [0.15, 0.2) is 41.3 Å². The lowest BCUT2D eigenvalue weighted by Crippen LogP contribution is -2.36. The van der Waals surface area contributed by atoms with Gasteiger partial charge in [0.25, 0.3) is 0 Å². The predicted octanol–water partition coefficient (Wildman–Crippen LogP) is -0.520. The van der Waals surface area contributed by atoms with Crippen molar-refractivity contribution < 1.29 is 24.9 Å². The number of carbonyl (C=O) groups excluding carboxylic acids is 1. The monoisotopic (exact) mass is 361 g/mol. The number of aromatic nitrogens is 2. The molecule has 1 aromatic carbocycles. The highest BCUT2D eigenvalue weighted by molar-refractivity contribution is 5.92. The number of anilines is 1. The van der Waals surface area contributed by atoms with Crippen LogP contribution in [0, 0.1) is 0 Å². The minimum absolute atomic E-state index is 0.0803. The van der Waals surface area contributed by atoms with Crippen molar-refractivity contribution in [2.24, 2.45) is 0 Å². The van der Waals surface area contributed by atoms with E-state index in [-0.39, 0.29) is 11.7 Å². The van der Waals surface area contributed by atoms with Crippen molar-refractivity contribution in [3.8, 4) is 11.1 Å². The molecule has 4 N–H and O–H groups in total. The van der Waals surface area contributed by atoms with E-state index in [1.165, 1.54) is 13.1 Å². The number of rotatable bonds is 4. The number of hydrogen-bond donors (Lipinski definition) is 4. The fraction of sp³-hybridized carbons (Fsp3) is 0.353. The van der Waals surface area contributed by atoms with Gasteiger partial charge >= 0.3 is 5.69 Å². The van der Waals surface area contributed by atoms with Crippen LogP contribution < -0.4 is 11.0 Å². The van der Waals surface area contributed by atoms with Crippen molar-refractivity contribution in [2.75, 3.05) is 11.9 Å². The molecule has 26 heavy (non-hydrogen) atoms. The van der Waals surface area contributed by atoms with Gasteiger partial charge in [0.1, 0.15) is 24.1 Å². The van der Waals surface area contributed by atoms with Gasteiger partial charge in [-0.1, -0.05) is 30.3 Å². The number of ether oxygens (including phenoxy) is 1. The summed E-state index contributed by atoms with van der Waals surface area (Å²) in [6.07, 6.45) is -3.59. The van der Waals surface area contributed by atoms with Crippen molar-refractivity contribution in [3.63, 3.8) is 0 Å². The van der Waals surface area contributed by atoms with Crippen molar-refractivity contribution in [2.45, 2.75) is 31.5 Å². The number of carbonyl (C=O) groups is 1. The average molecular weight is 361 g/mol. The molecule has 138 valence electrons. The number of aliphatic hydroxyl groups is 3. The molecule has 1 aliphatic rings. The standard InChI is InChI=1S/C17H19N3O6/c1-9(22)18-15-11(10-5-3-2-4-6-10)7-20(17(25)19-15)16-14(24)13(23)12(8-21)26-16/h2-7,12-14,16,21,23-24H,8H2,1H3,(H,18,19,22,25)/t12-,13-,14-,16-/m1/s1. The fourth-order valence-electron chi connectivity index (χ4n) is 2.85. The number of nitrogens with zero attached hydrogens (tertiary/aromatic N) is 2. The first-order valence-electron chi connectivity index (χ1n) is 8.01. The molecule has 9 nitrogen and oxygen atoms in total. The Bertz CT molecular complexity index is 853. The Kier molecular flexibility index (Phi) is 5.14. The summed E-state index contributed by atoms with van der Waals surface area (Å²) >= 11 is 0. The molecule has 1 amide bonds. The summed E-state index contributed by atoms with van der Waals surface area (Å²) in [5.41, 5.74) is 0.352. The van der Waals surface area contributed by atoms with E-state index < -0.39 is 36.8 Å². The van der Waals surface area contributed by atoms with Crippen molar-refractivity contribution in [1.29, 1.82) is 0 Å². The number of hydrogen-bond acceptors (Lipinski definition) is 7. The van der Waals surface area contributed by atoms with Crippen molar-refractivity contribution >= 4 is 11.7 Å². The fourth-order valence-corrected chi connectivity index (χ4v) is 2.85. The smallest absolute Gasteiger partial charge is 0.351 e. The Balaban J connectivity index is 2.10. The zero-order chi connectivity index (χ0) is 18.8. The summed E-state index contributed by atoms with van der Waals surface area (Å²) in [6.45, 7) is 0.792. The molecule has 0 unspecified atom stereocenters. The van der Waals surface area contributed by atoms with Crippen LogP contribution in [0.2, 0.25) is 0 Å². The minimum atomic E-state index is -1.41. The van der Waals surface area contributed by atoms with Gasteiger partial charge in [0.2, 0.25) is 5.91 Å². The molecule has 0 radical (unpaired) electrons. The first-order chi connectivity index (χ1) is 12.4. The number of aliphatic hydroxyl groups excluding tert-OH is 3. The van der Waals surface area contributed by atoms with Gasteiger partial charge in [-0.3, -0.25) is 9.36 Å². The molecule has 2 aromatic rings. The Hall–Kier alpha value is -2.59. The van der Waals surface area contributed by atoms with Crippen LogP contribution in [0.1, 0.15) is 13.2 Å². The number of benzene rings is 1. The lowest BCUT2D eigenvalue weighted by atomic mass is 10.1. The first-order valence-corrected chi connectivity index (χ1v) is 8.01. The second-order valence-electron chi connectivity index (χ2n) is 5.97. The van der Waals surface area contributed by atoms with Gasteiger partial charge in [-0.25, -0.2) is 4.79 Å². The third-order valence-electron chi connectivity index (χ3n) is 4.12. The van der Waals surface area contributed by atoms with Gasteiger partial charge in [-0.05, 0) is 5.56 Å². The van der Waals surface area contributed by atoms with E-state index >= 15 is 0 Å². The molecule has 1 aromatic heterocycles. The van der Waals surface area contributed by atoms with Gasteiger partial charge in [0, 0.05) is 18.7 Å². The Morgan fingerprint density at radius 1 is 1.27 bits per heavy atom. The highest BCUT2D eigenvalue weighted by Gasteiger charge is 2.44. The molecule has 0 aliphatic carbocycles. The topological polar surface area (TPSA) is 134 Å². The molecule has 2 heterocycles. The van der Waals surface area contributed by atoms with Gasteiger partial charge in [0.15, 0.2) is 6.23 Å². The zero-order valence-corrected chi connectivity index (χ0v) is 13.9. The molecule has 3 rings (SSSR count). The normalized spacial score (nSPS) is 25.2. The van der Waals surface area contributed by atoms with Crippen LogP contribution in [0.25, 0.3) is 11.1 Å². The molecular weight excluding hydrogens is 342 g/mol. The second-order valence-corrected chi connectivity index (χ2v) is 5.97. The van der Waals surface area contributed by atoms with Crippen molar-refractivity contribution in [1.82, 2.24) is 9.55 Å². The quantitative estimate of drug-likeness (QED) is 0.576. The Labute approximate surface area is 148 Å². The number of amides is 1. The predicted molar refractivity (Wildman–Crippen MR) is 91.2 cm³/mol. The van der Waals surface area contributed by atoms with Crippen LogP contribution in [0.4, 0.5) is 5.82 Å². The minimum Gasteiger partial charge on any atom is -0.394 e. The van der Waals surface area contributed by atoms with E-state index in [4.69, 9.17) is 4.74 Å². The molecule has 1 fully saturated rings. The average Bonchev–Trinajstić information content (AvgIpc) is 2.90. The first kappa shape index (κ1) is 18.2. The van der Waals surface area contributed by atoms with Gasteiger partial charge < -0.3 is 25.4 Å². The van der Waals surface area contributed by atoms with E-state index in [9.17, 15) is 24.9 Å². The lowest BCUT2D eigenvalue weighted by Gasteiger charge is -2.19. The molecular formula is C17H19N3O6. The summed E-state index contributed by atoms with van der Waals surface area (Å²) in [7, 11) is 0. The molecule has 4 atom stereocenters. The van der Waals surface area contributed by atoms with Crippen molar-refractivity contribution in [3.05, 3.63) is 47.0 Å². The SMILES string of the molecule is CC(=O)Nc1nc(=O)n([C@@H]2O[C@H](CO)[C@@H](O)[C@H]2O)cc1-c1ccccc1.